The zero-order valence-electron chi connectivity index (χ0n) is 12.1. The molecule has 1 aromatic rings. The number of benzene rings is 1. The second-order valence-electron chi connectivity index (χ2n) is 5.30. The van der Waals surface area contributed by atoms with E-state index in [1.54, 1.807) is 0 Å². The molecule has 1 atom stereocenters. The van der Waals surface area contributed by atoms with E-state index in [1.807, 2.05) is 36.1 Å². The van der Waals surface area contributed by atoms with Gasteiger partial charge in [-0.2, -0.15) is 0 Å². The summed E-state index contributed by atoms with van der Waals surface area (Å²) in [6.07, 6.45) is 4.46. The Morgan fingerprint density at radius 1 is 1.35 bits per heavy atom. The lowest BCUT2D eigenvalue weighted by atomic mass is 10.1. The molecule has 110 valence electrons. The third-order valence-corrected chi connectivity index (χ3v) is 4.24. The van der Waals surface area contributed by atoms with Crippen molar-refractivity contribution >= 4 is 17.5 Å². The Balaban J connectivity index is 2.03. The predicted octanol–water partition coefficient (Wildman–Crippen LogP) is 3.22. The van der Waals surface area contributed by atoms with Crippen molar-refractivity contribution < 1.29 is 4.79 Å². The number of nitrogens with one attached hydrogen (secondary N) is 1. The molecule has 0 aromatic heterocycles. The molecule has 1 aliphatic heterocycles. The van der Waals surface area contributed by atoms with Crippen LogP contribution in [0.4, 0.5) is 0 Å². The normalized spacial score (nSPS) is 19.4. The summed E-state index contributed by atoms with van der Waals surface area (Å²) in [5.74, 6) is 0.203. The van der Waals surface area contributed by atoms with Crippen LogP contribution in [0.25, 0.3) is 0 Å². The van der Waals surface area contributed by atoms with E-state index in [2.05, 4.69) is 5.32 Å². The van der Waals surface area contributed by atoms with Crippen molar-refractivity contribution in [2.75, 3.05) is 13.1 Å². The van der Waals surface area contributed by atoms with Crippen LogP contribution in [0.5, 0.6) is 0 Å². The number of halogens is 1. The molecule has 0 aliphatic carbocycles. The van der Waals surface area contributed by atoms with Gasteiger partial charge in [0.1, 0.15) is 0 Å². The van der Waals surface area contributed by atoms with E-state index < -0.39 is 0 Å². The molecule has 1 heterocycles. The van der Waals surface area contributed by atoms with Crippen molar-refractivity contribution in [3.63, 3.8) is 0 Å². The SMILES string of the molecule is CCN(Cc1ccccc1Cl)C(=O)C1CCCCCN1. The maximum absolute atomic E-state index is 12.6. The van der Waals surface area contributed by atoms with E-state index in [4.69, 9.17) is 11.6 Å². The molecule has 1 unspecified atom stereocenters. The Kier molecular flexibility index (Phi) is 5.86. The number of hydrogen-bond donors (Lipinski definition) is 1. The summed E-state index contributed by atoms with van der Waals surface area (Å²) in [5.41, 5.74) is 1.01. The lowest BCUT2D eigenvalue weighted by Crippen LogP contribution is -2.45. The van der Waals surface area contributed by atoms with Gasteiger partial charge in [0.2, 0.25) is 5.91 Å². The minimum Gasteiger partial charge on any atom is -0.337 e. The molecule has 2 rings (SSSR count). The Hall–Kier alpha value is -1.06. The number of amides is 1. The Bertz CT molecular complexity index is 442. The molecule has 1 saturated heterocycles. The van der Waals surface area contributed by atoms with Crippen molar-refractivity contribution in [3.8, 4) is 0 Å². The molecule has 1 N–H and O–H groups in total. The van der Waals surface area contributed by atoms with E-state index in [0.717, 1.165) is 30.0 Å². The number of carbonyl (C=O) groups is 1. The maximum atomic E-state index is 12.6. The first-order valence-corrected chi connectivity index (χ1v) is 7.85. The molecule has 3 nitrogen and oxygen atoms in total. The van der Waals surface area contributed by atoms with Gasteiger partial charge in [-0.3, -0.25) is 4.79 Å². The van der Waals surface area contributed by atoms with Gasteiger partial charge >= 0.3 is 0 Å². The maximum Gasteiger partial charge on any atom is 0.239 e. The lowest BCUT2D eigenvalue weighted by Gasteiger charge is -2.26. The van der Waals surface area contributed by atoms with Crippen LogP contribution in [-0.4, -0.2) is 29.9 Å². The number of nitrogens with zero attached hydrogens (tertiary/aromatic N) is 1. The molecule has 0 saturated carbocycles. The molecular weight excluding hydrogens is 272 g/mol. The summed E-state index contributed by atoms with van der Waals surface area (Å²) in [5, 5.41) is 4.10. The van der Waals surface area contributed by atoms with Crippen molar-refractivity contribution in [1.82, 2.24) is 10.2 Å². The van der Waals surface area contributed by atoms with Crippen molar-refractivity contribution in [1.29, 1.82) is 0 Å². The van der Waals surface area contributed by atoms with E-state index in [9.17, 15) is 4.79 Å². The first-order valence-electron chi connectivity index (χ1n) is 7.48. The zero-order valence-corrected chi connectivity index (χ0v) is 12.8. The van der Waals surface area contributed by atoms with Gasteiger partial charge in [-0.05, 0) is 37.9 Å². The number of likely N-dealkylation sites (N-methyl/N-ethyl adjacent to an activating group) is 1. The fourth-order valence-corrected chi connectivity index (χ4v) is 2.83. The van der Waals surface area contributed by atoms with Gasteiger partial charge < -0.3 is 10.2 Å². The molecule has 0 radical (unpaired) electrons. The van der Waals surface area contributed by atoms with Crippen LogP contribution < -0.4 is 5.32 Å². The lowest BCUT2D eigenvalue weighted by molar-refractivity contribution is -0.134. The smallest absolute Gasteiger partial charge is 0.239 e. The largest absolute Gasteiger partial charge is 0.337 e. The van der Waals surface area contributed by atoms with Gasteiger partial charge in [-0.25, -0.2) is 0 Å². The van der Waals surface area contributed by atoms with E-state index in [-0.39, 0.29) is 11.9 Å². The summed E-state index contributed by atoms with van der Waals surface area (Å²) in [6.45, 7) is 4.26. The number of carbonyl (C=O) groups excluding carboxylic acids is 1. The van der Waals surface area contributed by atoms with Gasteiger partial charge in [0.05, 0.1) is 6.04 Å². The quantitative estimate of drug-likeness (QED) is 0.925. The third-order valence-electron chi connectivity index (χ3n) is 3.87. The second kappa shape index (κ2) is 7.65. The molecule has 1 fully saturated rings. The first kappa shape index (κ1) is 15.3. The van der Waals surface area contributed by atoms with Crippen LogP contribution in [0.1, 0.15) is 38.2 Å². The summed E-state index contributed by atoms with van der Waals surface area (Å²) in [6, 6.07) is 7.71. The number of rotatable bonds is 4. The highest BCUT2D eigenvalue weighted by Crippen LogP contribution is 2.18. The average molecular weight is 295 g/mol. The molecule has 4 heteroatoms. The van der Waals surface area contributed by atoms with E-state index >= 15 is 0 Å². The average Bonchev–Trinajstić information content (AvgIpc) is 2.75. The monoisotopic (exact) mass is 294 g/mol. The highest BCUT2D eigenvalue weighted by Gasteiger charge is 2.24. The highest BCUT2D eigenvalue weighted by molar-refractivity contribution is 6.31. The number of hydrogen-bond acceptors (Lipinski definition) is 2. The van der Waals surface area contributed by atoms with Crippen LogP contribution in [0.3, 0.4) is 0 Å². The van der Waals surface area contributed by atoms with Crippen molar-refractivity contribution in [2.45, 2.75) is 45.2 Å². The van der Waals surface area contributed by atoms with Gasteiger partial charge in [-0.1, -0.05) is 42.6 Å². The van der Waals surface area contributed by atoms with Gasteiger partial charge in [-0.15, -0.1) is 0 Å². The molecule has 0 spiro atoms. The second-order valence-corrected chi connectivity index (χ2v) is 5.71. The van der Waals surface area contributed by atoms with Crippen LogP contribution in [0.2, 0.25) is 5.02 Å². The van der Waals surface area contributed by atoms with Crippen LogP contribution in [0, 0.1) is 0 Å². The summed E-state index contributed by atoms with van der Waals surface area (Å²) >= 11 is 6.19. The van der Waals surface area contributed by atoms with Gasteiger partial charge in [0.15, 0.2) is 0 Å². The minimum atomic E-state index is -0.0278. The summed E-state index contributed by atoms with van der Waals surface area (Å²) in [4.78, 5) is 14.5. The Morgan fingerprint density at radius 2 is 2.15 bits per heavy atom. The van der Waals surface area contributed by atoms with E-state index in [0.29, 0.717) is 13.1 Å². The van der Waals surface area contributed by atoms with Crippen LogP contribution >= 0.6 is 11.6 Å². The van der Waals surface area contributed by atoms with Crippen LogP contribution in [0.15, 0.2) is 24.3 Å². The third kappa shape index (κ3) is 3.97. The van der Waals surface area contributed by atoms with Crippen molar-refractivity contribution in [3.05, 3.63) is 34.9 Å². The van der Waals surface area contributed by atoms with Gasteiger partial charge in [0, 0.05) is 18.1 Å². The predicted molar refractivity (Wildman–Crippen MR) is 82.8 cm³/mol. The summed E-state index contributed by atoms with van der Waals surface area (Å²) in [7, 11) is 0. The molecule has 20 heavy (non-hydrogen) atoms. The molecule has 1 aliphatic rings. The zero-order chi connectivity index (χ0) is 14.4. The molecular formula is C16H23ClN2O. The Labute approximate surface area is 126 Å². The standard InChI is InChI=1S/C16H23ClN2O/c1-2-19(12-13-8-5-6-9-14(13)17)16(20)15-10-4-3-7-11-18-15/h5-6,8-9,15,18H,2-4,7,10-12H2,1H3. The molecule has 1 aromatic carbocycles. The topological polar surface area (TPSA) is 32.3 Å². The Morgan fingerprint density at radius 3 is 2.90 bits per heavy atom. The van der Waals surface area contributed by atoms with Crippen LogP contribution in [-0.2, 0) is 11.3 Å². The van der Waals surface area contributed by atoms with Gasteiger partial charge in [0.25, 0.3) is 0 Å². The molecule has 1 amide bonds. The fraction of sp³-hybridized carbons (Fsp3) is 0.562. The molecule has 0 bridgehead atoms. The highest BCUT2D eigenvalue weighted by atomic mass is 35.5. The van der Waals surface area contributed by atoms with Crippen molar-refractivity contribution in [2.24, 2.45) is 0 Å². The van der Waals surface area contributed by atoms with E-state index in [1.165, 1.54) is 12.8 Å². The fourth-order valence-electron chi connectivity index (χ4n) is 2.64. The minimum absolute atomic E-state index is 0.0278. The first-order chi connectivity index (χ1) is 9.72. The summed E-state index contributed by atoms with van der Waals surface area (Å²) < 4.78 is 0.